The largest absolute Gasteiger partial charge is 0.494 e. The van der Waals surface area contributed by atoms with E-state index in [2.05, 4.69) is 10.3 Å². The lowest BCUT2D eigenvalue weighted by atomic mass is 9.99. The lowest BCUT2D eigenvalue weighted by Gasteiger charge is -2.29. The Kier molecular flexibility index (Phi) is 6.86. The van der Waals surface area contributed by atoms with Crippen LogP contribution in [0.1, 0.15) is 37.9 Å². The standard InChI is InChI=1S/C26H25F3N2O4/c1-15(2)34-22-12-11-20(22)30-21(25(32)33)13-16-7-9-18(10-8-16)35-24-19-6-4-3-5-17(19)14-23(31-24)26(27,28)29/h3-10,14-15,21,30H,11-13H2,1-2H3,(H,32,33). The molecule has 1 heterocycles. The third kappa shape index (κ3) is 5.85. The molecule has 9 heteroatoms. The Labute approximate surface area is 200 Å². The van der Waals surface area contributed by atoms with Gasteiger partial charge in [-0.3, -0.25) is 0 Å². The molecular formula is C26H25F3N2O4. The summed E-state index contributed by atoms with van der Waals surface area (Å²) in [6.07, 6.45) is -2.88. The summed E-state index contributed by atoms with van der Waals surface area (Å²) in [5, 5.41) is 13.5. The Morgan fingerprint density at radius 3 is 2.43 bits per heavy atom. The van der Waals surface area contributed by atoms with Gasteiger partial charge < -0.3 is 19.9 Å². The van der Waals surface area contributed by atoms with Crippen LogP contribution in [0.2, 0.25) is 0 Å². The van der Waals surface area contributed by atoms with Crippen molar-refractivity contribution in [2.75, 3.05) is 0 Å². The van der Waals surface area contributed by atoms with Gasteiger partial charge in [0.1, 0.15) is 23.2 Å². The third-order valence-electron chi connectivity index (χ3n) is 5.54. The van der Waals surface area contributed by atoms with E-state index in [1.165, 1.54) is 0 Å². The van der Waals surface area contributed by atoms with Gasteiger partial charge in [0.25, 0.3) is 0 Å². The van der Waals surface area contributed by atoms with E-state index < -0.39 is 23.9 Å². The molecule has 1 aliphatic rings. The van der Waals surface area contributed by atoms with E-state index in [0.29, 0.717) is 16.5 Å². The number of halogens is 3. The van der Waals surface area contributed by atoms with Gasteiger partial charge in [-0.2, -0.15) is 13.2 Å². The second-order valence-corrected chi connectivity index (χ2v) is 8.59. The molecule has 2 N–H and O–H groups in total. The number of benzene rings is 2. The summed E-state index contributed by atoms with van der Waals surface area (Å²) < 4.78 is 51.3. The zero-order valence-corrected chi connectivity index (χ0v) is 19.2. The molecule has 4 rings (SSSR count). The van der Waals surface area contributed by atoms with Crippen LogP contribution in [0, 0.1) is 0 Å². The number of hydrogen-bond acceptors (Lipinski definition) is 5. The first kappa shape index (κ1) is 24.4. The van der Waals surface area contributed by atoms with Crippen LogP contribution in [-0.2, 0) is 22.1 Å². The zero-order chi connectivity index (χ0) is 25.2. The molecule has 0 spiro atoms. The number of aliphatic carboxylic acids is 1. The number of carboxylic acids is 1. The molecule has 2 aromatic carbocycles. The van der Waals surface area contributed by atoms with Crippen LogP contribution in [0.3, 0.4) is 0 Å². The first-order chi connectivity index (χ1) is 16.6. The molecule has 0 saturated heterocycles. The number of ether oxygens (including phenoxy) is 2. The summed E-state index contributed by atoms with van der Waals surface area (Å²) in [6, 6.07) is 13.2. The van der Waals surface area contributed by atoms with Crippen molar-refractivity contribution < 1.29 is 32.5 Å². The number of fused-ring (bicyclic) bond motifs is 1. The maximum atomic E-state index is 13.3. The van der Waals surface area contributed by atoms with Crippen LogP contribution >= 0.6 is 0 Å². The molecule has 0 bridgehead atoms. The number of allylic oxidation sites excluding steroid dienone is 2. The average Bonchev–Trinajstić information content (AvgIpc) is 2.79. The van der Waals surface area contributed by atoms with E-state index in [9.17, 15) is 23.1 Å². The van der Waals surface area contributed by atoms with Crippen LogP contribution in [0.5, 0.6) is 11.6 Å². The topological polar surface area (TPSA) is 80.7 Å². The fourth-order valence-corrected chi connectivity index (χ4v) is 3.76. The molecule has 6 nitrogen and oxygen atoms in total. The van der Waals surface area contributed by atoms with Crippen molar-refractivity contribution in [3.8, 4) is 11.6 Å². The Bertz CT molecular complexity index is 1250. The Morgan fingerprint density at radius 1 is 1.11 bits per heavy atom. The Morgan fingerprint density at radius 2 is 1.83 bits per heavy atom. The number of rotatable bonds is 9. The van der Waals surface area contributed by atoms with Crippen molar-refractivity contribution in [3.05, 3.63) is 77.3 Å². The molecule has 1 unspecified atom stereocenters. The average molecular weight is 486 g/mol. The second kappa shape index (κ2) is 9.85. The number of nitrogens with one attached hydrogen (secondary N) is 1. The highest BCUT2D eigenvalue weighted by Crippen LogP contribution is 2.35. The van der Waals surface area contributed by atoms with Crippen molar-refractivity contribution in [1.29, 1.82) is 0 Å². The van der Waals surface area contributed by atoms with Gasteiger partial charge in [-0.05, 0) is 55.5 Å². The highest BCUT2D eigenvalue weighted by Gasteiger charge is 2.33. The van der Waals surface area contributed by atoms with E-state index >= 15 is 0 Å². The Hall–Kier alpha value is -3.75. The van der Waals surface area contributed by atoms with Crippen LogP contribution in [-0.4, -0.2) is 28.2 Å². The highest BCUT2D eigenvalue weighted by molar-refractivity contribution is 5.87. The molecule has 0 aliphatic heterocycles. The van der Waals surface area contributed by atoms with E-state index in [1.807, 2.05) is 13.8 Å². The summed E-state index contributed by atoms with van der Waals surface area (Å²) in [4.78, 5) is 15.5. The quantitative estimate of drug-likeness (QED) is 0.383. The van der Waals surface area contributed by atoms with Crippen molar-refractivity contribution in [2.45, 2.75) is 51.4 Å². The molecule has 0 amide bonds. The van der Waals surface area contributed by atoms with Crippen molar-refractivity contribution in [2.24, 2.45) is 0 Å². The number of carbonyl (C=O) groups is 1. The van der Waals surface area contributed by atoms with Crippen LogP contribution < -0.4 is 10.1 Å². The minimum Gasteiger partial charge on any atom is -0.494 e. The maximum Gasteiger partial charge on any atom is 0.433 e. The Balaban J connectivity index is 1.50. The van der Waals surface area contributed by atoms with E-state index in [4.69, 9.17) is 9.47 Å². The predicted octanol–water partition coefficient (Wildman–Crippen LogP) is 6.06. The number of nitrogens with zero attached hydrogens (tertiary/aromatic N) is 1. The van der Waals surface area contributed by atoms with Gasteiger partial charge in [0.05, 0.1) is 11.8 Å². The normalized spacial score (nSPS) is 14.6. The number of hydrogen-bond donors (Lipinski definition) is 2. The lowest BCUT2D eigenvalue weighted by Crippen LogP contribution is -2.40. The van der Waals surface area contributed by atoms with Crippen LogP contribution in [0.4, 0.5) is 13.2 Å². The third-order valence-corrected chi connectivity index (χ3v) is 5.54. The van der Waals surface area contributed by atoms with Gasteiger partial charge >= 0.3 is 12.1 Å². The second-order valence-electron chi connectivity index (χ2n) is 8.59. The molecule has 0 radical (unpaired) electrons. The maximum absolute atomic E-state index is 13.3. The van der Waals surface area contributed by atoms with Crippen molar-refractivity contribution in [3.63, 3.8) is 0 Å². The first-order valence-corrected chi connectivity index (χ1v) is 11.2. The molecular weight excluding hydrogens is 461 g/mol. The summed E-state index contributed by atoms with van der Waals surface area (Å²) in [7, 11) is 0. The van der Waals surface area contributed by atoms with Gasteiger partial charge in [0.2, 0.25) is 5.88 Å². The molecule has 3 aromatic rings. The molecule has 35 heavy (non-hydrogen) atoms. The fraction of sp³-hybridized carbons (Fsp3) is 0.308. The smallest absolute Gasteiger partial charge is 0.433 e. The molecule has 1 aromatic heterocycles. The molecule has 0 saturated carbocycles. The zero-order valence-electron chi connectivity index (χ0n) is 19.2. The number of pyridine rings is 1. The van der Waals surface area contributed by atoms with Crippen LogP contribution in [0.15, 0.2) is 66.1 Å². The summed E-state index contributed by atoms with van der Waals surface area (Å²) in [5.41, 5.74) is 0.489. The highest BCUT2D eigenvalue weighted by atomic mass is 19.4. The molecule has 1 atom stereocenters. The minimum atomic E-state index is -4.61. The number of alkyl halides is 3. The van der Waals surface area contributed by atoms with Crippen LogP contribution in [0.25, 0.3) is 10.8 Å². The monoisotopic (exact) mass is 486 g/mol. The van der Waals surface area contributed by atoms with Gasteiger partial charge in [-0.25, -0.2) is 9.78 Å². The van der Waals surface area contributed by atoms with E-state index in [0.717, 1.165) is 35.9 Å². The lowest BCUT2D eigenvalue weighted by molar-refractivity contribution is -0.141. The fourth-order valence-electron chi connectivity index (χ4n) is 3.76. The molecule has 184 valence electrons. The van der Waals surface area contributed by atoms with Gasteiger partial charge in [-0.15, -0.1) is 0 Å². The summed E-state index contributed by atoms with van der Waals surface area (Å²) in [6.45, 7) is 3.83. The van der Waals surface area contributed by atoms with Gasteiger partial charge in [0.15, 0.2) is 0 Å². The van der Waals surface area contributed by atoms with Gasteiger partial charge in [0, 0.05) is 18.2 Å². The number of carboxylic acid groups (broad SMARTS) is 1. The molecule has 1 aliphatic carbocycles. The first-order valence-electron chi connectivity index (χ1n) is 11.2. The molecule has 0 fully saturated rings. The summed E-state index contributed by atoms with van der Waals surface area (Å²) >= 11 is 0. The van der Waals surface area contributed by atoms with E-state index in [1.54, 1.807) is 48.5 Å². The predicted molar refractivity (Wildman–Crippen MR) is 124 cm³/mol. The summed E-state index contributed by atoms with van der Waals surface area (Å²) in [5.74, 6) is -0.0631. The number of aromatic nitrogens is 1. The van der Waals surface area contributed by atoms with Gasteiger partial charge in [-0.1, -0.05) is 30.3 Å². The SMILES string of the molecule is CC(C)OC1=C(NC(Cc2ccc(Oc3nc(C(F)(F)F)cc4ccccc34)cc2)C(=O)O)CC1. The van der Waals surface area contributed by atoms with Crippen molar-refractivity contribution >= 4 is 16.7 Å². The minimum absolute atomic E-state index is 0.0151. The van der Waals surface area contributed by atoms with E-state index in [-0.39, 0.29) is 18.4 Å². The van der Waals surface area contributed by atoms with Crippen molar-refractivity contribution in [1.82, 2.24) is 10.3 Å².